The van der Waals surface area contributed by atoms with Gasteiger partial charge in [-0.15, -0.1) is 0 Å². The Morgan fingerprint density at radius 3 is 2.31 bits per heavy atom. The normalized spacial score (nSPS) is 24.1. The summed E-state index contributed by atoms with van der Waals surface area (Å²) in [6.45, 7) is 13.1. The Kier molecular flexibility index (Phi) is 10.9. The molecule has 0 amide bonds. The second kappa shape index (κ2) is 12.6. The zero-order valence-electron chi connectivity index (χ0n) is 19.2. The molecule has 0 aliphatic heterocycles. The molecular formula is C27H40O2. The first-order valence-electron chi connectivity index (χ1n) is 10.7. The molecule has 0 saturated carbocycles. The van der Waals surface area contributed by atoms with E-state index in [9.17, 15) is 5.11 Å². The van der Waals surface area contributed by atoms with Gasteiger partial charge in [0.25, 0.3) is 0 Å². The third kappa shape index (κ3) is 9.92. The van der Waals surface area contributed by atoms with E-state index in [1.165, 1.54) is 22.3 Å². The van der Waals surface area contributed by atoms with Crippen molar-refractivity contribution in [2.45, 2.75) is 66.9 Å². The van der Waals surface area contributed by atoms with Gasteiger partial charge in [0.2, 0.25) is 0 Å². The molecule has 0 aromatic heterocycles. The fraction of sp³-hybridized carbons (Fsp3) is 0.481. The number of aliphatic hydroxyl groups excluding tert-OH is 2. The smallest absolute Gasteiger partial charge is 0.0729 e. The largest absolute Gasteiger partial charge is 0.396 e. The van der Waals surface area contributed by atoms with E-state index < -0.39 is 0 Å². The molecule has 0 saturated heterocycles. The zero-order chi connectivity index (χ0) is 21.9. The number of aliphatic hydroxyl groups is 2. The number of rotatable bonds is 9. The molecule has 1 aliphatic carbocycles. The third-order valence-corrected chi connectivity index (χ3v) is 5.37. The van der Waals surface area contributed by atoms with Crippen molar-refractivity contribution in [3.05, 3.63) is 83.1 Å². The van der Waals surface area contributed by atoms with Crippen LogP contribution < -0.4 is 0 Å². The summed E-state index contributed by atoms with van der Waals surface area (Å²) >= 11 is 0. The van der Waals surface area contributed by atoms with E-state index in [0.717, 1.165) is 19.3 Å². The van der Waals surface area contributed by atoms with Crippen molar-refractivity contribution >= 4 is 0 Å². The highest BCUT2D eigenvalue weighted by Crippen LogP contribution is 2.41. The minimum atomic E-state index is -0.321. The van der Waals surface area contributed by atoms with E-state index in [-0.39, 0.29) is 18.1 Å². The van der Waals surface area contributed by atoms with Crippen LogP contribution in [0.15, 0.2) is 83.1 Å². The molecule has 160 valence electrons. The van der Waals surface area contributed by atoms with Crippen LogP contribution in [0, 0.1) is 11.3 Å². The fourth-order valence-corrected chi connectivity index (χ4v) is 3.74. The Hall–Kier alpha value is -1.90. The van der Waals surface area contributed by atoms with Gasteiger partial charge in [-0.3, -0.25) is 0 Å². The van der Waals surface area contributed by atoms with E-state index in [1.54, 1.807) is 0 Å². The SMILES string of the molecule is CC(C=CC=C(C)C=CC1C(C)=CC(O)CC1(C)C)=CC=CC=C(C)CCCO. The van der Waals surface area contributed by atoms with Crippen molar-refractivity contribution in [1.29, 1.82) is 0 Å². The summed E-state index contributed by atoms with van der Waals surface area (Å²) < 4.78 is 0. The molecule has 2 unspecified atom stereocenters. The number of hydrogen-bond acceptors (Lipinski definition) is 2. The molecule has 0 spiro atoms. The molecule has 2 heteroatoms. The van der Waals surface area contributed by atoms with Crippen molar-refractivity contribution in [1.82, 2.24) is 0 Å². The summed E-state index contributed by atoms with van der Waals surface area (Å²) in [4.78, 5) is 0. The number of hydrogen-bond donors (Lipinski definition) is 2. The third-order valence-electron chi connectivity index (χ3n) is 5.37. The van der Waals surface area contributed by atoms with Crippen molar-refractivity contribution in [2.75, 3.05) is 6.61 Å². The van der Waals surface area contributed by atoms with Crippen molar-refractivity contribution in [3.8, 4) is 0 Å². The summed E-state index contributed by atoms with van der Waals surface area (Å²) in [6.07, 6.45) is 23.3. The van der Waals surface area contributed by atoms with E-state index >= 15 is 0 Å². The molecule has 2 atom stereocenters. The summed E-state index contributed by atoms with van der Waals surface area (Å²) in [5, 5.41) is 18.8. The molecule has 2 N–H and O–H groups in total. The van der Waals surface area contributed by atoms with Gasteiger partial charge < -0.3 is 10.2 Å². The van der Waals surface area contributed by atoms with E-state index in [0.29, 0.717) is 5.92 Å². The monoisotopic (exact) mass is 396 g/mol. The molecule has 0 radical (unpaired) electrons. The molecule has 29 heavy (non-hydrogen) atoms. The maximum absolute atomic E-state index is 9.97. The molecule has 2 nitrogen and oxygen atoms in total. The molecular weight excluding hydrogens is 356 g/mol. The first kappa shape index (κ1) is 25.1. The lowest BCUT2D eigenvalue weighted by Gasteiger charge is -2.38. The fourth-order valence-electron chi connectivity index (χ4n) is 3.74. The second-order valence-electron chi connectivity index (χ2n) is 8.91. The minimum absolute atomic E-state index is 0.0709. The van der Waals surface area contributed by atoms with Crippen LogP contribution >= 0.6 is 0 Å². The van der Waals surface area contributed by atoms with Crippen molar-refractivity contribution in [2.24, 2.45) is 11.3 Å². The van der Waals surface area contributed by atoms with Gasteiger partial charge in [-0.2, -0.15) is 0 Å². The first-order valence-corrected chi connectivity index (χ1v) is 10.7. The maximum Gasteiger partial charge on any atom is 0.0729 e. The molecule has 0 fully saturated rings. The first-order chi connectivity index (χ1) is 13.7. The predicted molar refractivity (Wildman–Crippen MR) is 127 cm³/mol. The lowest BCUT2D eigenvalue weighted by Crippen LogP contribution is -2.32. The Bertz CT molecular complexity index is 724. The van der Waals surface area contributed by atoms with Crippen LogP contribution in [0.1, 0.15) is 60.8 Å². The Morgan fingerprint density at radius 2 is 1.66 bits per heavy atom. The van der Waals surface area contributed by atoms with Gasteiger partial charge in [-0.1, -0.05) is 96.9 Å². The zero-order valence-corrected chi connectivity index (χ0v) is 19.2. The summed E-state index contributed by atoms with van der Waals surface area (Å²) in [5.74, 6) is 0.360. The predicted octanol–water partition coefficient (Wildman–Crippen LogP) is 6.62. The van der Waals surface area contributed by atoms with E-state index in [1.807, 2.05) is 18.2 Å². The van der Waals surface area contributed by atoms with Gasteiger partial charge in [0.05, 0.1) is 6.10 Å². The van der Waals surface area contributed by atoms with Gasteiger partial charge in [-0.25, -0.2) is 0 Å². The summed E-state index contributed by atoms with van der Waals surface area (Å²) in [5.41, 5.74) is 5.00. The molecule has 1 aliphatic rings. The van der Waals surface area contributed by atoms with Crippen LogP contribution in [0.4, 0.5) is 0 Å². The summed E-state index contributed by atoms with van der Waals surface area (Å²) in [7, 11) is 0. The van der Waals surface area contributed by atoms with Crippen LogP contribution in [-0.4, -0.2) is 22.9 Å². The van der Waals surface area contributed by atoms with E-state index in [2.05, 4.69) is 84.1 Å². The second-order valence-corrected chi connectivity index (χ2v) is 8.91. The highest BCUT2D eigenvalue weighted by molar-refractivity contribution is 5.31. The van der Waals surface area contributed by atoms with Crippen LogP contribution in [0.25, 0.3) is 0 Å². The van der Waals surface area contributed by atoms with E-state index in [4.69, 9.17) is 5.11 Å². The van der Waals surface area contributed by atoms with Gasteiger partial charge in [-0.05, 0) is 52.4 Å². The van der Waals surface area contributed by atoms with Crippen LogP contribution in [0.5, 0.6) is 0 Å². The molecule has 0 bridgehead atoms. The molecule has 1 rings (SSSR count). The molecule has 0 aromatic carbocycles. The van der Waals surface area contributed by atoms with Gasteiger partial charge in [0, 0.05) is 12.5 Å². The number of allylic oxidation sites excluding steroid dienone is 13. The molecule has 0 aromatic rings. The van der Waals surface area contributed by atoms with Crippen LogP contribution in [0.3, 0.4) is 0 Å². The lowest BCUT2D eigenvalue weighted by atomic mass is 9.67. The molecule has 0 heterocycles. The highest BCUT2D eigenvalue weighted by Gasteiger charge is 2.34. The standard InChI is InChI=1S/C27H40O2/c1-21(11-7-8-12-22(2)15-10-18-28)13-9-14-23(3)16-17-26-24(4)19-25(29)20-27(26,5)6/h7-9,11-14,16-17,19,25-26,28-29H,10,15,18,20H2,1-6H3. The average Bonchev–Trinajstić information content (AvgIpc) is 2.62. The van der Waals surface area contributed by atoms with Gasteiger partial charge >= 0.3 is 0 Å². The van der Waals surface area contributed by atoms with Crippen molar-refractivity contribution < 1.29 is 10.2 Å². The van der Waals surface area contributed by atoms with Gasteiger partial charge in [0.1, 0.15) is 0 Å². The van der Waals surface area contributed by atoms with Gasteiger partial charge in [0.15, 0.2) is 0 Å². The maximum atomic E-state index is 9.97. The quantitative estimate of drug-likeness (QED) is 0.339. The lowest BCUT2D eigenvalue weighted by molar-refractivity contribution is 0.117. The highest BCUT2D eigenvalue weighted by atomic mass is 16.3. The minimum Gasteiger partial charge on any atom is -0.396 e. The average molecular weight is 397 g/mol. The Balaban J connectivity index is 2.64. The van der Waals surface area contributed by atoms with Crippen molar-refractivity contribution in [3.63, 3.8) is 0 Å². The summed E-state index contributed by atoms with van der Waals surface area (Å²) in [6, 6.07) is 0. The Morgan fingerprint density at radius 1 is 1.03 bits per heavy atom. The van der Waals surface area contributed by atoms with Crippen LogP contribution in [-0.2, 0) is 0 Å². The topological polar surface area (TPSA) is 40.5 Å². The Labute approximate surface area is 178 Å². The van der Waals surface area contributed by atoms with Crippen LogP contribution in [0.2, 0.25) is 0 Å².